The highest BCUT2D eigenvalue weighted by Crippen LogP contribution is 2.45. The van der Waals surface area contributed by atoms with Crippen LogP contribution in [0.1, 0.15) is 74.8 Å². The minimum Gasteiger partial charge on any atom is -0.345 e. The van der Waals surface area contributed by atoms with E-state index in [-0.39, 0.29) is 0 Å². The van der Waals surface area contributed by atoms with Gasteiger partial charge >= 0.3 is 0 Å². The Morgan fingerprint density at radius 3 is 2.62 bits per heavy atom. The second-order valence-corrected chi connectivity index (χ2v) is 8.07. The number of nitrogens with one attached hydrogen (secondary N) is 1. The highest BCUT2D eigenvalue weighted by atomic mass is 32.1. The van der Waals surface area contributed by atoms with Gasteiger partial charge in [0.15, 0.2) is 5.13 Å². The molecule has 1 N–H and O–H groups in total. The fourth-order valence-electron chi connectivity index (χ4n) is 2.95. The molecule has 0 radical (unpaired) electrons. The van der Waals surface area contributed by atoms with Crippen molar-refractivity contribution in [2.45, 2.75) is 82.8 Å². The zero-order valence-corrected chi connectivity index (χ0v) is 13.9. The van der Waals surface area contributed by atoms with E-state index in [1.54, 1.807) is 0 Å². The van der Waals surface area contributed by atoms with Crippen LogP contribution in [0.25, 0.3) is 0 Å². The average molecular weight is 305 g/mol. The molecule has 3 aliphatic rings. The molecule has 3 saturated carbocycles. The van der Waals surface area contributed by atoms with Gasteiger partial charge in [-0.15, -0.1) is 11.3 Å². The summed E-state index contributed by atoms with van der Waals surface area (Å²) in [6.07, 6.45) is 10.8. The smallest absolute Gasteiger partial charge is 0.186 e. The third kappa shape index (κ3) is 3.42. The van der Waals surface area contributed by atoms with Gasteiger partial charge in [0.1, 0.15) is 0 Å². The first-order valence-electron chi connectivity index (χ1n) is 8.84. The van der Waals surface area contributed by atoms with Crippen molar-refractivity contribution >= 4 is 16.5 Å². The molecule has 0 unspecified atom stereocenters. The molecule has 0 amide bonds. The zero-order chi connectivity index (χ0) is 14.2. The summed E-state index contributed by atoms with van der Waals surface area (Å²) < 4.78 is 0. The molecule has 4 heteroatoms. The van der Waals surface area contributed by atoms with Crippen molar-refractivity contribution in [2.24, 2.45) is 0 Å². The van der Waals surface area contributed by atoms with E-state index in [4.69, 9.17) is 4.98 Å². The van der Waals surface area contributed by atoms with Gasteiger partial charge in [0.05, 0.1) is 5.69 Å². The molecule has 3 nitrogen and oxygen atoms in total. The molecule has 21 heavy (non-hydrogen) atoms. The van der Waals surface area contributed by atoms with E-state index in [9.17, 15) is 0 Å². The molecule has 0 saturated heterocycles. The maximum Gasteiger partial charge on any atom is 0.186 e. The zero-order valence-electron chi connectivity index (χ0n) is 13.1. The fraction of sp³-hybridized carbons (Fsp3) is 0.824. The van der Waals surface area contributed by atoms with Crippen LogP contribution in [0.3, 0.4) is 0 Å². The first-order chi connectivity index (χ1) is 10.3. The highest BCUT2D eigenvalue weighted by Gasteiger charge is 2.34. The Labute approximate surface area is 132 Å². The van der Waals surface area contributed by atoms with Gasteiger partial charge in [-0.2, -0.15) is 0 Å². The first kappa shape index (κ1) is 14.0. The molecule has 1 aromatic rings. The minimum atomic E-state index is 0.776. The molecule has 4 rings (SSSR count). The van der Waals surface area contributed by atoms with Gasteiger partial charge in [-0.1, -0.05) is 13.3 Å². The third-order valence-corrected chi connectivity index (χ3v) is 5.90. The molecular weight excluding hydrogens is 278 g/mol. The summed E-state index contributed by atoms with van der Waals surface area (Å²) in [5.41, 5.74) is 1.44. The SMILES string of the molecule is CCCCN(c1nc(C2CC2)c(CNC2CC2)s1)C1CC1. The number of rotatable bonds is 9. The van der Waals surface area contributed by atoms with E-state index in [0.29, 0.717) is 0 Å². The van der Waals surface area contributed by atoms with E-state index in [2.05, 4.69) is 17.1 Å². The molecule has 3 aliphatic carbocycles. The largest absolute Gasteiger partial charge is 0.345 e. The lowest BCUT2D eigenvalue weighted by atomic mass is 10.2. The summed E-state index contributed by atoms with van der Waals surface area (Å²) in [4.78, 5) is 9.23. The van der Waals surface area contributed by atoms with Crippen LogP contribution in [-0.4, -0.2) is 23.6 Å². The fourth-order valence-corrected chi connectivity index (χ4v) is 4.14. The van der Waals surface area contributed by atoms with Crippen LogP contribution in [0.15, 0.2) is 0 Å². The lowest BCUT2D eigenvalue weighted by Crippen LogP contribution is -2.26. The summed E-state index contributed by atoms with van der Waals surface area (Å²) in [7, 11) is 0. The van der Waals surface area contributed by atoms with E-state index in [1.165, 1.54) is 73.6 Å². The van der Waals surface area contributed by atoms with Crippen molar-refractivity contribution in [3.05, 3.63) is 10.6 Å². The lowest BCUT2D eigenvalue weighted by molar-refractivity contribution is 0.688. The number of aromatic nitrogens is 1. The molecule has 0 aliphatic heterocycles. The predicted octanol–water partition coefficient (Wildman–Crippen LogP) is 4.04. The quantitative estimate of drug-likeness (QED) is 0.746. The van der Waals surface area contributed by atoms with Crippen molar-refractivity contribution in [1.29, 1.82) is 0 Å². The van der Waals surface area contributed by atoms with Crippen LogP contribution >= 0.6 is 11.3 Å². The average Bonchev–Trinajstić information content (AvgIpc) is 3.35. The number of nitrogens with zero attached hydrogens (tertiary/aromatic N) is 2. The Hall–Kier alpha value is -0.610. The third-order valence-electron chi connectivity index (χ3n) is 4.79. The molecule has 3 fully saturated rings. The van der Waals surface area contributed by atoms with Crippen molar-refractivity contribution in [1.82, 2.24) is 10.3 Å². The van der Waals surface area contributed by atoms with Gasteiger partial charge in [-0.05, 0) is 44.9 Å². The molecule has 1 heterocycles. The number of hydrogen-bond donors (Lipinski definition) is 1. The van der Waals surface area contributed by atoms with Crippen molar-refractivity contribution in [2.75, 3.05) is 11.4 Å². The van der Waals surface area contributed by atoms with E-state index >= 15 is 0 Å². The number of anilines is 1. The Morgan fingerprint density at radius 2 is 2.00 bits per heavy atom. The lowest BCUT2D eigenvalue weighted by Gasteiger charge is -2.21. The number of unbranched alkanes of at least 4 members (excludes halogenated alkanes) is 1. The highest BCUT2D eigenvalue weighted by molar-refractivity contribution is 7.15. The summed E-state index contributed by atoms with van der Waals surface area (Å²) in [6.45, 7) is 4.54. The summed E-state index contributed by atoms with van der Waals surface area (Å²) in [5.74, 6) is 0.776. The van der Waals surface area contributed by atoms with Crippen LogP contribution in [0.5, 0.6) is 0 Å². The molecule has 0 bridgehead atoms. The normalized spacial score (nSPS) is 21.8. The van der Waals surface area contributed by atoms with E-state index < -0.39 is 0 Å². The number of thiazole rings is 1. The van der Waals surface area contributed by atoms with Crippen molar-refractivity contribution < 1.29 is 0 Å². The topological polar surface area (TPSA) is 28.2 Å². The Bertz CT molecular complexity index is 486. The van der Waals surface area contributed by atoms with Gasteiger partial charge in [0, 0.05) is 36.0 Å². The molecule has 116 valence electrons. The monoisotopic (exact) mass is 305 g/mol. The van der Waals surface area contributed by atoms with Gasteiger partial charge in [-0.25, -0.2) is 4.98 Å². The van der Waals surface area contributed by atoms with Gasteiger partial charge in [0.2, 0.25) is 0 Å². The molecule has 0 aromatic carbocycles. The van der Waals surface area contributed by atoms with Crippen molar-refractivity contribution in [3.8, 4) is 0 Å². The van der Waals surface area contributed by atoms with Crippen LogP contribution in [0.4, 0.5) is 5.13 Å². The Balaban J connectivity index is 1.50. The molecule has 0 spiro atoms. The van der Waals surface area contributed by atoms with Crippen molar-refractivity contribution in [3.63, 3.8) is 0 Å². The Morgan fingerprint density at radius 1 is 1.19 bits per heavy atom. The van der Waals surface area contributed by atoms with Crippen LogP contribution in [0, 0.1) is 0 Å². The van der Waals surface area contributed by atoms with Crippen LogP contribution < -0.4 is 10.2 Å². The molecular formula is C17H27N3S. The Kier molecular flexibility index (Phi) is 3.92. The van der Waals surface area contributed by atoms with Gasteiger partial charge in [-0.3, -0.25) is 0 Å². The summed E-state index contributed by atoms with van der Waals surface area (Å²) in [5, 5.41) is 5.01. The second-order valence-electron chi connectivity index (χ2n) is 7.01. The molecule has 0 atom stereocenters. The minimum absolute atomic E-state index is 0.776. The maximum absolute atomic E-state index is 5.09. The van der Waals surface area contributed by atoms with Crippen LogP contribution in [-0.2, 0) is 6.54 Å². The number of hydrogen-bond acceptors (Lipinski definition) is 4. The standard InChI is InChI=1S/C17H27N3S/c1-2-3-10-20(14-8-9-14)17-19-16(12-4-5-12)15(21-17)11-18-13-6-7-13/h12-14,18H,2-11H2,1H3. The summed E-state index contributed by atoms with van der Waals surface area (Å²) >= 11 is 1.98. The summed E-state index contributed by atoms with van der Waals surface area (Å²) in [6, 6.07) is 1.58. The van der Waals surface area contributed by atoms with Gasteiger partial charge < -0.3 is 10.2 Å². The van der Waals surface area contributed by atoms with E-state index in [0.717, 1.165) is 24.5 Å². The first-order valence-corrected chi connectivity index (χ1v) is 9.66. The van der Waals surface area contributed by atoms with E-state index in [1.807, 2.05) is 11.3 Å². The maximum atomic E-state index is 5.09. The second kappa shape index (κ2) is 5.88. The van der Waals surface area contributed by atoms with Crippen LogP contribution in [0.2, 0.25) is 0 Å². The molecule has 1 aromatic heterocycles. The predicted molar refractivity (Wildman–Crippen MR) is 89.2 cm³/mol. The van der Waals surface area contributed by atoms with Gasteiger partial charge in [0.25, 0.3) is 0 Å².